The number of hydrogen-bond donors (Lipinski definition) is 0. The second-order valence-corrected chi connectivity index (χ2v) is 5.98. The molecule has 0 bridgehead atoms. The van der Waals surface area contributed by atoms with Crippen LogP contribution in [0.4, 0.5) is 0 Å². The fourth-order valence-corrected chi connectivity index (χ4v) is 2.52. The molecule has 0 aromatic heterocycles. The average molecular weight is 292 g/mol. The Bertz CT molecular complexity index is 617. The number of carbonyl (C=O) groups excluding carboxylic acids is 2. The Morgan fingerprint density at radius 1 is 1.10 bits per heavy atom. The van der Waals surface area contributed by atoms with E-state index < -0.39 is 5.91 Å². The van der Waals surface area contributed by atoms with E-state index in [4.69, 9.17) is 11.6 Å². The second-order valence-electron chi connectivity index (χ2n) is 5.60. The van der Waals surface area contributed by atoms with E-state index in [1.165, 1.54) is 4.90 Å². The molecular weight excluding hydrogens is 274 g/mol. The molecule has 0 spiro atoms. The number of benzene rings is 1. The Balaban J connectivity index is 2.43. The number of imide groups is 1. The Morgan fingerprint density at radius 2 is 1.75 bits per heavy atom. The van der Waals surface area contributed by atoms with Gasteiger partial charge in [0.1, 0.15) is 5.03 Å². The predicted octanol–water partition coefficient (Wildman–Crippen LogP) is 3.28. The Hall–Kier alpha value is -1.61. The zero-order valence-corrected chi connectivity index (χ0v) is 12.9. The van der Waals surface area contributed by atoms with Crippen LogP contribution in [0.25, 0.3) is 5.57 Å². The highest BCUT2D eigenvalue weighted by Crippen LogP contribution is 2.32. The maximum Gasteiger partial charge on any atom is 0.273 e. The predicted molar refractivity (Wildman–Crippen MR) is 80.2 cm³/mol. The fourth-order valence-electron chi connectivity index (χ4n) is 2.22. The summed E-state index contributed by atoms with van der Waals surface area (Å²) in [5, 5.41) is 0.0268. The molecule has 0 unspecified atom stereocenters. The van der Waals surface area contributed by atoms with Crippen LogP contribution in [0.1, 0.15) is 30.5 Å². The molecule has 2 rings (SSSR count). The van der Waals surface area contributed by atoms with E-state index in [2.05, 4.69) is 0 Å². The lowest BCUT2D eigenvalue weighted by molar-refractivity contribution is -0.137. The van der Waals surface area contributed by atoms with Crippen molar-refractivity contribution in [2.75, 3.05) is 6.54 Å². The van der Waals surface area contributed by atoms with Gasteiger partial charge in [-0.3, -0.25) is 14.5 Å². The number of rotatable bonds is 3. The minimum absolute atomic E-state index is 0.0268. The van der Waals surface area contributed by atoms with Crippen molar-refractivity contribution in [1.82, 2.24) is 4.90 Å². The summed E-state index contributed by atoms with van der Waals surface area (Å²) >= 11 is 6.10. The van der Waals surface area contributed by atoms with Gasteiger partial charge >= 0.3 is 0 Å². The third-order valence-electron chi connectivity index (χ3n) is 3.45. The normalized spacial score (nSPS) is 15.8. The maximum absolute atomic E-state index is 12.4. The summed E-state index contributed by atoms with van der Waals surface area (Å²) in [6.45, 7) is 8.29. The van der Waals surface area contributed by atoms with Crippen molar-refractivity contribution < 1.29 is 9.59 Å². The van der Waals surface area contributed by atoms with Crippen LogP contribution in [0.2, 0.25) is 0 Å². The van der Waals surface area contributed by atoms with E-state index in [-0.39, 0.29) is 16.9 Å². The molecule has 0 saturated carbocycles. The molecule has 1 aliphatic heterocycles. The van der Waals surface area contributed by atoms with Crippen molar-refractivity contribution in [2.45, 2.75) is 27.7 Å². The topological polar surface area (TPSA) is 37.4 Å². The molecule has 1 heterocycles. The van der Waals surface area contributed by atoms with Crippen LogP contribution in [-0.2, 0) is 9.59 Å². The molecule has 1 aromatic carbocycles. The van der Waals surface area contributed by atoms with Gasteiger partial charge in [0.2, 0.25) is 0 Å². The molecule has 20 heavy (non-hydrogen) atoms. The molecule has 106 valence electrons. The first-order chi connectivity index (χ1) is 9.32. The quantitative estimate of drug-likeness (QED) is 0.802. The minimum atomic E-state index is -0.390. The van der Waals surface area contributed by atoms with E-state index in [1.54, 1.807) is 0 Å². The first-order valence-corrected chi connectivity index (χ1v) is 7.04. The molecule has 2 amide bonds. The van der Waals surface area contributed by atoms with Gasteiger partial charge in [-0.2, -0.15) is 0 Å². The number of amides is 2. The van der Waals surface area contributed by atoms with Gasteiger partial charge in [0.05, 0.1) is 5.57 Å². The van der Waals surface area contributed by atoms with Crippen LogP contribution in [0.3, 0.4) is 0 Å². The van der Waals surface area contributed by atoms with E-state index >= 15 is 0 Å². The minimum Gasteiger partial charge on any atom is -0.273 e. The molecule has 4 heteroatoms. The number of aryl methyl sites for hydroxylation is 2. The summed E-state index contributed by atoms with van der Waals surface area (Å²) in [6, 6.07) is 5.67. The summed E-state index contributed by atoms with van der Waals surface area (Å²) in [5.74, 6) is -0.470. The Kier molecular flexibility index (Phi) is 4.00. The number of hydrogen-bond acceptors (Lipinski definition) is 2. The zero-order chi connectivity index (χ0) is 15.0. The van der Waals surface area contributed by atoms with Gasteiger partial charge in [0.15, 0.2) is 0 Å². The van der Waals surface area contributed by atoms with Crippen LogP contribution in [0.15, 0.2) is 23.2 Å². The lowest BCUT2D eigenvalue weighted by atomic mass is 10.0. The lowest BCUT2D eigenvalue weighted by Crippen LogP contribution is -2.34. The zero-order valence-electron chi connectivity index (χ0n) is 12.2. The fraction of sp³-hybridized carbons (Fsp3) is 0.375. The van der Waals surface area contributed by atoms with Crippen LogP contribution in [0.5, 0.6) is 0 Å². The van der Waals surface area contributed by atoms with E-state index in [0.717, 1.165) is 11.1 Å². The molecular formula is C16H18ClNO2. The molecule has 1 aliphatic rings. The van der Waals surface area contributed by atoms with Crippen molar-refractivity contribution in [2.24, 2.45) is 5.92 Å². The molecule has 0 aliphatic carbocycles. The number of nitrogens with zero attached hydrogens (tertiary/aromatic N) is 1. The van der Waals surface area contributed by atoms with E-state index in [9.17, 15) is 9.59 Å². The summed E-state index contributed by atoms with van der Waals surface area (Å²) < 4.78 is 0. The molecule has 0 radical (unpaired) electrons. The highest BCUT2D eigenvalue weighted by molar-refractivity contribution is 6.55. The summed E-state index contributed by atoms with van der Waals surface area (Å²) in [5.41, 5.74) is 3.24. The van der Waals surface area contributed by atoms with Crippen LogP contribution in [-0.4, -0.2) is 23.3 Å². The van der Waals surface area contributed by atoms with Gasteiger partial charge in [-0.15, -0.1) is 0 Å². The van der Waals surface area contributed by atoms with Crippen LogP contribution >= 0.6 is 11.6 Å². The number of halogens is 1. The second kappa shape index (κ2) is 5.41. The summed E-state index contributed by atoms with van der Waals surface area (Å²) in [6.07, 6.45) is 0. The van der Waals surface area contributed by atoms with E-state index in [0.29, 0.717) is 17.7 Å². The third kappa shape index (κ3) is 2.50. The van der Waals surface area contributed by atoms with Crippen molar-refractivity contribution in [3.63, 3.8) is 0 Å². The first-order valence-electron chi connectivity index (χ1n) is 6.66. The van der Waals surface area contributed by atoms with Crippen molar-refractivity contribution in [1.29, 1.82) is 0 Å². The van der Waals surface area contributed by atoms with Gasteiger partial charge in [0, 0.05) is 6.54 Å². The van der Waals surface area contributed by atoms with Crippen molar-refractivity contribution in [3.8, 4) is 0 Å². The molecule has 0 N–H and O–H groups in total. The van der Waals surface area contributed by atoms with Crippen LogP contribution in [0, 0.1) is 19.8 Å². The lowest BCUT2D eigenvalue weighted by Gasteiger charge is -2.17. The number of carbonyl (C=O) groups is 2. The van der Waals surface area contributed by atoms with E-state index in [1.807, 2.05) is 45.9 Å². The third-order valence-corrected chi connectivity index (χ3v) is 3.81. The standard InChI is InChI=1S/C16H18ClNO2/c1-9(2)8-18-15(19)13(14(17)16(18)20)12-6-5-10(3)11(4)7-12/h5-7,9H,8H2,1-4H3. The van der Waals surface area contributed by atoms with Gasteiger partial charge in [-0.1, -0.05) is 43.6 Å². The first kappa shape index (κ1) is 14.8. The Morgan fingerprint density at radius 3 is 2.30 bits per heavy atom. The average Bonchev–Trinajstić information content (AvgIpc) is 2.57. The van der Waals surface area contributed by atoms with Crippen LogP contribution < -0.4 is 0 Å². The Labute approximate surface area is 124 Å². The summed E-state index contributed by atoms with van der Waals surface area (Å²) in [7, 11) is 0. The molecule has 0 fully saturated rings. The summed E-state index contributed by atoms with van der Waals surface area (Å²) in [4.78, 5) is 25.8. The largest absolute Gasteiger partial charge is 0.273 e. The monoisotopic (exact) mass is 291 g/mol. The van der Waals surface area contributed by atoms with Gasteiger partial charge in [-0.25, -0.2) is 0 Å². The molecule has 0 atom stereocenters. The SMILES string of the molecule is Cc1ccc(C2=C(Cl)C(=O)N(CC(C)C)C2=O)cc1C. The molecule has 3 nitrogen and oxygen atoms in total. The van der Waals surface area contributed by atoms with Gasteiger partial charge < -0.3 is 0 Å². The molecule has 1 aromatic rings. The highest BCUT2D eigenvalue weighted by Gasteiger charge is 2.38. The van der Waals surface area contributed by atoms with Gasteiger partial charge in [0.25, 0.3) is 11.8 Å². The smallest absolute Gasteiger partial charge is 0.273 e. The van der Waals surface area contributed by atoms with Gasteiger partial charge in [-0.05, 0) is 36.5 Å². The maximum atomic E-state index is 12.4. The van der Waals surface area contributed by atoms with Crippen molar-refractivity contribution in [3.05, 3.63) is 39.9 Å². The molecule has 0 saturated heterocycles. The van der Waals surface area contributed by atoms with Crippen molar-refractivity contribution >= 4 is 29.0 Å². The highest BCUT2D eigenvalue weighted by atomic mass is 35.5.